The molecule has 0 unspecified atom stereocenters. The second-order valence-corrected chi connectivity index (χ2v) is 8.80. The summed E-state index contributed by atoms with van der Waals surface area (Å²) in [7, 11) is 0. The lowest BCUT2D eigenvalue weighted by atomic mass is 10.0. The van der Waals surface area contributed by atoms with E-state index in [0.29, 0.717) is 17.9 Å². The molecule has 0 radical (unpaired) electrons. The van der Waals surface area contributed by atoms with E-state index in [1.54, 1.807) is 6.08 Å². The highest BCUT2D eigenvalue weighted by Gasteiger charge is 2.16. The maximum absolute atomic E-state index is 13.0. The maximum Gasteiger partial charge on any atom is 0.262 e. The largest absolute Gasteiger partial charge is 0.488 e. The zero-order valence-electron chi connectivity index (χ0n) is 18.7. The lowest BCUT2D eigenvalue weighted by Crippen LogP contribution is -2.27. The van der Waals surface area contributed by atoms with E-state index in [1.807, 2.05) is 97.9 Å². The summed E-state index contributed by atoms with van der Waals surface area (Å²) >= 11 is 3.44. The zero-order valence-corrected chi connectivity index (χ0v) is 20.2. The van der Waals surface area contributed by atoms with Crippen molar-refractivity contribution in [2.24, 2.45) is 0 Å². The highest BCUT2D eigenvalue weighted by molar-refractivity contribution is 9.10. The van der Waals surface area contributed by atoms with Crippen molar-refractivity contribution < 1.29 is 9.53 Å². The number of amides is 1. The molecule has 4 nitrogen and oxygen atoms in total. The lowest BCUT2D eigenvalue weighted by Gasteiger charge is -2.15. The Morgan fingerprint density at radius 1 is 1.00 bits per heavy atom. The van der Waals surface area contributed by atoms with Crippen molar-refractivity contribution in [1.82, 2.24) is 5.32 Å². The summed E-state index contributed by atoms with van der Waals surface area (Å²) in [6, 6.07) is 31.1. The second-order valence-electron chi connectivity index (χ2n) is 7.89. The number of ether oxygens (including phenoxy) is 1. The number of halogens is 1. The number of hydrogen-bond donors (Lipinski definition) is 1. The number of benzene rings is 4. The van der Waals surface area contributed by atoms with Crippen LogP contribution in [0.1, 0.15) is 29.7 Å². The number of rotatable bonds is 7. The molecule has 0 saturated heterocycles. The van der Waals surface area contributed by atoms with E-state index in [0.717, 1.165) is 26.4 Å². The molecule has 0 aliphatic carbocycles. The van der Waals surface area contributed by atoms with Crippen LogP contribution in [-0.2, 0) is 11.4 Å². The first-order chi connectivity index (χ1) is 16.5. The molecular weight excluding hydrogens is 488 g/mol. The number of carbonyl (C=O) groups excluding carboxylic acids is 1. The molecule has 34 heavy (non-hydrogen) atoms. The summed E-state index contributed by atoms with van der Waals surface area (Å²) in [6.07, 6.45) is 1.62. The second kappa shape index (κ2) is 10.8. The molecule has 0 bridgehead atoms. The van der Waals surface area contributed by atoms with Gasteiger partial charge in [-0.1, -0.05) is 88.7 Å². The number of carbonyl (C=O) groups is 1. The van der Waals surface area contributed by atoms with Gasteiger partial charge in [0.05, 0.1) is 6.04 Å². The summed E-state index contributed by atoms with van der Waals surface area (Å²) < 4.78 is 7.15. The van der Waals surface area contributed by atoms with Gasteiger partial charge in [0.1, 0.15) is 24.0 Å². The third-order valence-corrected chi connectivity index (χ3v) is 6.07. The first-order valence-corrected chi connectivity index (χ1v) is 11.7. The van der Waals surface area contributed by atoms with Gasteiger partial charge in [-0.05, 0) is 53.1 Å². The summed E-state index contributed by atoms with van der Waals surface area (Å²) in [6.45, 7) is 2.26. The molecule has 0 heterocycles. The van der Waals surface area contributed by atoms with Crippen LogP contribution in [0.4, 0.5) is 0 Å². The summed E-state index contributed by atoms with van der Waals surface area (Å²) in [5.74, 6) is 0.184. The van der Waals surface area contributed by atoms with Crippen LogP contribution < -0.4 is 10.1 Å². The summed E-state index contributed by atoms with van der Waals surface area (Å²) in [4.78, 5) is 13.0. The predicted molar refractivity (Wildman–Crippen MR) is 139 cm³/mol. The predicted octanol–water partition coefficient (Wildman–Crippen LogP) is 6.97. The minimum atomic E-state index is -0.425. The monoisotopic (exact) mass is 510 g/mol. The fourth-order valence-electron chi connectivity index (χ4n) is 3.68. The smallest absolute Gasteiger partial charge is 0.262 e. The Balaban J connectivity index is 1.66. The molecule has 0 aliphatic heterocycles. The van der Waals surface area contributed by atoms with Gasteiger partial charge in [0, 0.05) is 10.0 Å². The SMILES string of the molecule is C[C@@H](NC(=O)/C(C#N)=C/c1c(OCc2ccc(Br)cc2)ccc2ccccc12)c1ccccc1. The topological polar surface area (TPSA) is 62.1 Å². The van der Waals surface area contributed by atoms with Crippen LogP contribution >= 0.6 is 15.9 Å². The van der Waals surface area contributed by atoms with Crippen LogP contribution in [0.5, 0.6) is 5.75 Å². The van der Waals surface area contributed by atoms with E-state index < -0.39 is 5.91 Å². The molecule has 0 aliphatic rings. The van der Waals surface area contributed by atoms with Crippen molar-refractivity contribution in [2.75, 3.05) is 0 Å². The van der Waals surface area contributed by atoms with E-state index in [-0.39, 0.29) is 11.6 Å². The van der Waals surface area contributed by atoms with Gasteiger partial charge in [-0.15, -0.1) is 0 Å². The van der Waals surface area contributed by atoms with Crippen molar-refractivity contribution in [3.8, 4) is 11.8 Å². The molecule has 4 rings (SSSR count). The maximum atomic E-state index is 13.0. The molecule has 0 aromatic heterocycles. The van der Waals surface area contributed by atoms with Crippen molar-refractivity contribution in [1.29, 1.82) is 5.26 Å². The number of nitriles is 1. The highest BCUT2D eigenvalue weighted by Crippen LogP contribution is 2.31. The van der Waals surface area contributed by atoms with E-state index in [2.05, 4.69) is 27.3 Å². The van der Waals surface area contributed by atoms with Gasteiger partial charge in [0.2, 0.25) is 0 Å². The van der Waals surface area contributed by atoms with Gasteiger partial charge in [-0.2, -0.15) is 5.26 Å². The minimum absolute atomic E-state index is 0.0209. The van der Waals surface area contributed by atoms with Crippen LogP contribution in [0.25, 0.3) is 16.8 Å². The van der Waals surface area contributed by atoms with Crippen molar-refractivity contribution in [3.05, 3.63) is 118 Å². The van der Waals surface area contributed by atoms with Gasteiger partial charge in [-0.25, -0.2) is 0 Å². The van der Waals surface area contributed by atoms with E-state index >= 15 is 0 Å². The third kappa shape index (κ3) is 5.54. The van der Waals surface area contributed by atoms with Crippen LogP contribution in [0, 0.1) is 11.3 Å². The van der Waals surface area contributed by atoms with Crippen LogP contribution in [0.3, 0.4) is 0 Å². The van der Waals surface area contributed by atoms with Crippen molar-refractivity contribution >= 4 is 38.7 Å². The van der Waals surface area contributed by atoms with E-state index in [1.165, 1.54) is 0 Å². The first-order valence-electron chi connectivity index (χ1n) is 10.9. The Labute approximate surface area is 207 Å². The minimum Gasteiger partial charge on any atom is -0.488 e. The zero-order chi connectivity index (χ0) is 23.9. The van der Waals surface area contributed by atoms with Crippen molar-refractivity contribution in [3.63, 3.8) is 0 Å². The molecule has 0 fully saturated rings. The number of nitrogens with one attached hydrogen (secondary N) is 1. The summed E-state index contributed by atoms with van der Waals surface area (Å²) in [5.41, 5.74) is 2.71. The molecule has 0 saturated carbocycles. The third-order valence-electron chi connectivity index (χ3n) is 5.54. The van der Waals surface area contributed by atoms with Gasteiger partial charge in [0.25, 0.3) is 5.91 Å². The lowest BCUT2D eigenvalue weighted by molar-refractivity contribution is -0.117. The van der Waals surface area contributed by atoms with Gasteiger partial charge >= 0.3 is 0 Å². The van der Waals surface area contributed by atoms with Gasteiger partial charge in [0.15, 0.2) is 0 Å². The molecule has 168 valence electrons. The molecule has 1 amide bonds. The molecule has 1 atom stereocenters. The first kappa shape index (κ1) is 23.3. The Bertz CT molecular complexity index is 1370. The Morgan fingerprint density at radius 3 is 2.44 bits per heavy atom. The average Bonchev–Trinajstić information content (AvgIpc) is 2.87. The summed E-state index contributed by atoms with van der Waals surface area (Å²) in [5, 5.41) is 14.6. The molecule has 1 N–H and O–H groups in total. The van der Waals surface area contributed by atoms with Crippen molar-refractivity contribution in [2.45, 2.75) is 19.6 Å². The Kier molecular flexibility index (Phi) is 7.41. The number of fused-ring (bicyclic) bond motifs is 1. The quantitative estimate of drug-likeness (QED) is 0.215. The standard InChI is InChI=1S/C29H23BrN2O2/c1-20(22-7-3-2-4-8-22)32-29(33)24(18-31)17-27-26-10-6-5-9-23(26)13-16-28(27)34-19-21-11-14-25(30)15-12-21/h2-17,20H,19H2,1H3,(H,32,33)/b24-17+/t20-/m1/s1. The number of hydrogen-bond acceptors (Lipinski definition) is 3. The molecule has 0 spiro atoms. The molecule has 4 aromatic carbocycles. The van der Waals surface area contributed by atoms with E-state index in [9.17, 15) is 10.1 Å². The Morgan fingerprint density at radius 2 is 1.71 bits per heavy atom. The molecular formula is C29H23BrN2O2. The van der Waals surface area contributed by atoms with Gasteiger partial charge < -0.3 is 10.1 Å². The average molecular weight is 511 g/mol. The fourth-order valence-corrected chi connectivity index (χ4v) is 3.95. The molecule has 5 heteroatoms. The molecule has 4 aromatic rings. The van der Waals surface area contributed by atoms with Crippen LogP contribution in [-0.4, -0.2) is 5.91 Å². The van der Waals surface area contributed by atoms with E-state index in [4.69, 9.17) is 4.74 Å². The Hall–Kier alpha value is -3.88. The normalized spacial score (nSPS) is 12.1. The number of nitrogens with zero attached hydrogens (tertiary/aromatic N) is 1. The van der Waals surface area contributed by atoms with Gasteiger partial charge in [-0.3, -0.25) is 4.79 Å². The van der Waals surface area contributed by atoms with Crippen LogP contribution in [0.15, 0.2) is 101 Å². The van der Waals surface area contributed by atoms with Crippen LogP contribution in [0.2, 0.25) is 0 Å². The highest BCUT2D eigenvalue weighted by atomic mass is 79.9. The fraction of sp³-hybridized carbons (Fsp3) is 0.103.